The summed E-state index contributed by atoms with van der Waals surface area (Å²) in [7, 11) is 0. The molecule has 8 heteroatoms. The number of carbonyl (C=O) groups excluding carboxylic acids is 3. The van der Waals surface area contributed by atoms with Crippen molar-refractivity contribution >= 4 is 29.9 Å². The van der Waals surface area contributed by atoms with Gasteiger partial charge < -0.3 is 14.2 Å². The van der Waals surface area contributed by atoms with Crippen LogP contribution in [-0.4, -0.2) is 23.8 Å². The topological polar surface area (TPSA) is 91.3 Å². The van der Waals surface area contributed by atoms with E-state index in [1.807, 2.05) is 0 Å². The van der Waals surface area contributed by atoms with Crippen molar-refractivity contribution in [1.82, 2.24) is 0 Å². The molecule has 0 fully saturated rings. The normalized spacial score (nSPS) is 14.5. The van der Waals surface area contributed by atoms with E-state index in [4.69, 9.17) is 14.2 Å². The van der Waals surface area contributed by atoms with Crippen molar-refractivity contribution < 1.29 is 33.0 Å². The molecule has 1 aliphatic heterocycles. The molecule has 1 heterocycles. The fourth-order valence-corrected chi connectivity index (χ4v) is 2.40. The minimum Gasteiger partial charge on any atom is -0.423 e. The molecule has 0 radical (unpaired) electrons. The number of rotatable bonds is 4. The van der Waals surface area contributed by atoms with Gasteiger partial charge in [0.2, 0.25) is 5.90 Å². The van der Waals surface area contributed by atoms with Gasteiger partial charge in [0.1, 0.15) is 5.82 Å². The van der Waals surface area contributed by atoms with Gasteiger partial charge in [0.15, 0.2) is 17.2 Å². The van der Waals surface area contributed by atoms with Crippen LogP contribution in [0, 0.1) is 5.82 Å². The van der Waals surface area contributed by atoms with Crippen LogP contribution in [0.2, 0.25) is 0 Å². The summed E-state index contributed by atoms with van der Waals surface area (Å²) in [6.07, 6.45) is 1.40. The first-order valence-corrected chi connectivity index (χ1v) is 8.11. The predicted molar refractivity (Wildman–Crippen MR) is 96.1 cm³/mol. The lowest BCUT2D eigenvalue weighted by Gasteiger charge is -2.09. The van der Waals surface area contributed by atoms with Crippen molar-refractivity contribution in [3.63, 3.8) is 0 Å². The number of ether oxygens (including phenoxy) is 3. The highest BCUT2D eigenvalue weighted by Gasteiger charge is 2.24. The molecule has 3 rings (SSSR count). The molecule has 0 N–H and O–H groups in total. The van der Waals surface area contributed by atoms with Crippen LogP contribution in [0.25, 0.3) is 6.08 Å². The van der Waals surface area contributed by atoms with Crippen LogP contribution in [0.15, 0.2) is 53.2 Å². The third-order valence-corrected chi connectivity index (χ3v) is 3.47. The zero-order valence-corrected chi connectivity index (χ0v) is 14.9. The molecule has 2 aromatic carbocycles. The molecule has 2 aromatic rings. The molecule has 0 aliphatic carbocycles. The van der Waals surface area contributed by atoms with Crippen LogP contribution >= 0.6 is 0 Å². The van der Waals surface area contributed by atoms with Gasteiger partial charge in [0.05, 0.1) is 0 Å². The highest BCUT2D eigenvalue weighted by Crippen LogP contribution is 2.30. The van der Waals surface area contributed by atoms with E-state index >= 15 is 0 Å². The van der Waals surface area contributed by atoms with Gasteiger partial charge in [0, 0.05) is 19.4 Å². The van der Waals surface area contributed by atoms with Crippen molar-refractivity contribution in [2.75, 3.05) is 0 Å². The zero-order valence-electron chi connectivity index (χ0n) is 14.9. The molecule has 0 spiro atoms. The maximum absolute atomic E-state index is 13.4. The van der Waals surface area contributed by atoms with Gasteiger partial charge in [-0.2, -0.15) is 0 Å². The Labute approximate surface area is 159 Å². The number of hydrogen-bond acceptors (Lipinski definition) is 7. The standard InChI is InChI=1S/C20H14FNO6/c1-11(23)26-17-7-6-13(9-18(17)27-12(2)24)8-16-20(25)28-19(22-16)14-4-3-5-15(21)10-14/h3-10H,1-2H3/b16-8-. The third kappa shape index (κ3) is 4.47. The van der Waals surface area contributed by atoms with E-state index in [1.54, 1.807) is 12.1 Å². The Morgan fingerprint density at radius 2 is 1.75 bits per heavy atom. The summed E-state index contributed by atoms with van der Waals surface area (Å²) in [4.78, 5) is 38.6. The number of cyclic esters (lactones) is 1. The van der Waals surface area contributed by atoms with Crippen molar-refractivity contribution in [1.29, 1.82) is 0 Å². The molecular weight excluding hydrogens is 369 g/mol. The lowest BCUT2D eigenvalue weighted by molar-refractivity contribution is -0.134. The highest BCUT2D eigenvalue weighted by atomic mass is 19.1. The smallest absolute Gasteiger partial charge is 0.363 e. The Morgan fingerprint density at radius 3 is 2.43 bits per heavy atom. The first-order chi connectivity index (χ1) is 13.3. The van der Waals surface area contributed by atoms with Crippen molar-refractivity contribution in [3.8, 4) is 11.5 Å². The summed E-state index contributed by atoms with van der Waals surface area (Å²) in [6.45, 7) is 2.41. The van der Waals surface area contributed by atoms with Crippen molar-refractivity contribution in [2.24, 2.45) is 4.99 Å². The maximum Gasteiger partial charge on any atom is 0.363 e. The summed E-state index contributed by atoms with van der Waals surface area (Å²) < 4.78 is 28.5. The molecule has 28 heavy (non-hydrogen) atoms. The first-order valence-electron chi connectivity index (χ1n) is 8.11. The van der Waals surface area contributed by atoms with Crippen LogP contribution in [0.1, 0.15) is 25.0 Å². The molecule has 0 atom stereocenters. The zero-order chi connectivity index (χ0) is 20.3. The average molecular weight is 383 g/mol. The molecule has 0 aromatic heterocycles. The fourth-order valence-electron chi connectivity index (χ4n) is 2.40. The lowest BCUT2D eigenvalue weighted by atomic mass is 10.1. The van der Waals surface area contributed by atoms with Crippen LogP contribution in [0.5, 0.6) is 11.5 Å². The second kappa shape index (κ2) is 7.83. The molecule has 0 bridgehead atoms. The van der Waals surface area contributed by atoms with Gasteiger partial charge in [-0.05, 0) is 42.0 Å². The summed E-state index contributed by atoms with van der Waals surface area (Å²) >= 11 is 0. The van der Waals surface area contributed by atoms with Crippen molar-refractivity contribution in [2.45, 2.75) is 13.8 Å². The second-order valence-corrected chi connectivity index (χ2v) is 5.74. The molecule has 142 valence electrons. The number of carbonyl (C=O) groups is 3. The largest absolute Gasteiger partial charge is 0.423 e. The Balaban J connectivity index is 1.94. The van der Waals surface area contributed by atoms with Crippen LogP contribution in [0.4, 0.5) is 4.39 Å². The summed E-state index contributed by atoms with van der Waals surface area (Å²) in [5, 5.41) is 0. The van der Waals surface area contributed by atoms with Crippen molar-refractivity contribution in [3.05, 3.63) is 65.1 Å². The monoisotopic (exact) mass is 383 g/mol. The molecule has 0 amide bonds. The summed E-state index contributed by atoms with van der Waals surface area (Å²) in [6, 6.07) is 9.87. The number of benzene rings is 2. The molecule has 0 saturated carbocycles. The number of hydrogen-bond donors (Lipinski definition) is 0. The SMILES string of the molecule is CC(=O)Oc1ccc(/C=C2\N=C(c3cccc(F)c3)OC2=O)cc1OC(C)=O. The average Bonchev–Trinajstić information content (AvgIpc) is 2.97. The Kier molecular flexibility index (Phi) is 5.30. The van der Waals surface area contributed by atoms with E-state index < -0.39 is 23.7 Å². The van der Waals surface area contributed by atoms with E-state index in [1.165, 1.54) is 50.3 Å². The number of aliphatic imine (C=N–C) groups is 1. The third-order valence-electron chi connectivity index (χ3n) is 3.47. The summed E-state index contributed by atoms with van der Waals surface area (Å²) in [5.74, 6) is -2.33. The maximum atomic E-state index is 13.4. The molecular formula is C20H14FNO6. The van der Waals surface area contributed by atoms with Gasteiger partial charge in [-0.15, -0.1) is 0 Å². The molecule has 0 saturated heterocycles. The molecule has 7 nitrogen and oxygen atoms in total. The molecule has 0 unspecified atom stereocenters. The minimum atomic E-state index is -0.711. The van der Waals surface area contributed by atoms with E-state index in [-0.39, 0.29) is 23.1 Å². The number of esters is 3. The van der Waals surface area contributed by atoms with E-state index in [9.17, 15) is 18.8 Å². The Morgan fingerprint density at radius 1 is 1.04 bits per heavy atom. The second-order valence-electron chi connectivity index (χ2n) is 5.74. The van der Waals surface area contributed by atoms with Crippen LogP contribution in [0.3, 0.4) is 0 Å². The van der Waals surface area contributed by atoms with E-state index in [2.05, 4.69) is 4.99 Å². The van der Waals surface area contributed by atoms with Gasteiger partial charge in [0.25, 0.3) is 0 Å². The van der Waals surface area contributed by atoms with Crippen LogP contribution in [-0.2, 0) is 19.1 Å². The van der Waals surface area contributed by atoms with Crippen LogP contribution < -0.4 is 9.47 Å². The number of halogens is 1. The van der Waals surface area contributed by atoms with Gasteiger partial charge in [-0.25, -0.2) is 14.2 Å². The van der Waals surface area contributed by atoms with E-state index in [0.29, 0.717) is 11.1 Å². The quantitative estimate of drug-likeness (QED) is 0.458. The van der Waals surface area contributed by atoms with Gasteiger partial charge in [-0.1, -0.05) is 12.1 Å². The fraction of sp³-hybridized carbons (Fsp3) is 0.100. The van der Waals surface area contributed by atoms with E-state index in [0.717, 1.165) is 0 Å². The minimum absolute atomic E-state index is 0.0118. The highest BCUT2D eigenvalue weighted by molar-refractivity contribution is 6.12. The van der Waals surface area contributed by atoms with Gasteiger partial charge in [-0.3, -0.25) is 9.59 Å². The lowest BCUT2D eigenvalue weighted by Crippen LogP contribution is -2.07. The van der Waals surface area contributed by atoms with Gasteiger partial charge >= 0.3 is 17.9 Å². The Hall–Kier alpha value is -3.81. The molecule has 1 aliphatic rings. The number of nitrogens with zero attached hydrogens (tertiary/aromatic N) is 1. The Bertz CT molecular complexity index is 1040. The first kappa shape index (κ1) is 19.0. The summed E-state index contributed by atoms with van der Waals surface area (Å²) in [5.41, 5.74) is 0.749. The predicted octanol–water partition coefficient (Wildman–Crippen LogP) is 3.02.